The van der Waals surface area contributed by atoms with E-state index < -0.39 is 0 Å². The van der Waals surface area contributed by atoms with E-state index in [4.69, 9.17) is 0 Å². The van der Waals surface area contributed by atoms with Gasteiger partial charge in [0, 0.05) is 14.3 Å². The van der Waals surface area contributed by atoms with E-state index in [1.165, 1.54) is 14.5 Å². The molecular formula is C9H6BrIOS. The van der Waals surface area contributed by atoms with Gasteiger partial charge in [-0.15, -0.1) is 11.3 Å². The summed E-state index contributed by atoms with van der Waals surface area (Å²) in [6.07, 6.45) is 0. The first-order valence-corrected chi connectivity index (χ1v) is 6.75. The van der Waals surface area contributed by atoms with E-state index in [0.717, 1.165) is 10.0 Å². The Balaban J connectivity index is 2.87. The lowest BCUT2D eigenvalue weighted by atomic mass is 10.2. The lowest BCUT2D eigenvalue weighted by Gasteiger charge is -1.99. The maximum Gasteiger partial charge on any atom is 0.133 e. The zero-order valence-corrected chi connectivity index (χ0v) is 11.1. The largest absolute Gasteiger partial charge is 0.506 e. The second-order valence-electron chi connectivity index (χ2n) is 2.67. The average Bonchev–Trinajstić information content (AvgIpc) is 2.56. The van der Waals surface area contributed by atoms with Crippen molar-refractivity contribution in [2.45, 2.75) is 5.33 Å². The minimum absolute atomic E-state index is 0.382. The highest BCUT2D eigenvalue weighted by atomic mass is 127. The van der Waals surface area contributed by atoms with Gasteiger partial charge in [-0.1, -0.05) is 15.9 Å². The summed E-state index contributed by atoms with van der Waals surface area (Å²) >= 11 is 7.33. The Morgan fingerprint density at radius 2 is 2.23 bits per heavy atom. The summed E-state index contributed by atoms with van der Waals surface area (Å²) in [4.78, 5) is 0. The quantitative estimate of drug-likeness (QED) is 0.593. The van der Waals surface area contributed by atoms with Crippen LogP contribution in [0.2, 0.25) is 0 Å². The molecule has 1 aromatic heterocycles. The third kappa shape index (κ3) is 1.59. The maximum atomic E-state index is 9.60. The van der Waals surface area contributed by atoms with Crippen LogP contribution in [0.4, 0.5) is 0 Å². The molecule has 1 aromatic carbocycles. The van der Waals surface area contributed by atoms with E-state index >= 15 is 0 Å². The zero-order chi connectivity index (χ0) is 9.42. The van der Waals surface area contributed by atoms with Crippen LogP contribution in [0.3, 0.4) is 0 Å². The number of alkyl halides is 1. The number of thiophene rings is 1. The number of hydrogen-bond acceptors (Lipinski definition) is 2. The van der Waals surface area contributed by atoms with Crippen LogP contribution >= 0.6 is 49.9 Å². The molecule has 68 valence electrons. The fourth-order valence-electron chi connectivity index (χ4n) is 1.25. The molecule has 1 N–H and O–H groups in total. The molecule has 0 aliphatic heterocycles. The van der Waals surface area contributed by atoms with Gasteiger partial charge in [0.1, 0.15) is 5.75 Å². The maximum absolute atomic E-state index is 9.60. The molecule has 1 nitrogen and oxygen atoms in total. The summed E-state index contributed by atoms with van der Waals surface area (Å²) in [6.45, 7) is 0. The van der Waals surface area contributed by atoms with Crippen molar-refractivity contribution in [3.8, 4) is 5.75 Å². The van der Waals surface area contributed by atoms with Crippen molar-refractivity contribution in [3.05, 3.63) is 26.6 Å². The molecule has 2 rings (SSSR count). The van der Waals surface area contributed by atoms with E-state index in [9.17, 15) is 5.11 Å². The Morgan fingerprint density at radius 1 is 1.46 bits per heavy atom. The number of fused-ring (bicyclic) bond motifs is 1. The molecule has 13 heavy (non-hydrogen) atoms. The van der Waals surface area contributed by atoms with E-state index in [2.05, 4.69) is 43.9 Å². The summed E-state index contributed by atoms with van der Waals surface area (Å²) in [5.74, 6) is 0.382. The van der Waals surface area contributed by atoms with Crippen molar-refractivity contribution in [3.63, 3.8) is 0 Å². The monoisotopic (exact) mass is 368 g/mol. The Kier molecular flexibility index (Phi) is 2.80. The molecule has 4 heteroatoms. The Labute approximate surface area is 102 Å². The average molecular weight is 369 g/mol. The van der Waals surface area contributed by atoms with Crippen LogP contribution in [-0.2, 0) is 5.33 Å². The molecule has 0 amide bonds. The topological polar surface area (TPSA) is 20.2 Å². The lowest BCUT2D eigenvalue weighted by Crippen LogP contribution is -1.78. The fraction of sp³-hybridized carbons (Fsp3) is 0.111. The first kappa shape index (κ1) is 9.73. The van der Waals surface area contributed by atoms with Crippen molar-refractivity contribution < 1.29 is 5.11 Å². The van der Waals surface area contributed by atoms with Crippen molar-refractivity contribution in [1.29, 1.82) is 0 Å². The van der Waals surface area contributed by atoms with Crippen LogP contribution in [0.15, 0.2) is 17.5 Å². The van der Waals surface area contributed by atoms with Crippen LogP contribution in [0.5, 0.6) is 5.75 Å². The van der Waals surface area contributed by atoms with Crippen molar-refractivity contribution in [2.75, 3.05) is 0 Å². The van der Waals surface area contributed by atoms with Crippen LogP contribution in [0, 0.1) is 3.57 Å². The number of rotatable bonds is 1. The number of halogens is 2. The Bertz CT molecular complexity index is 452. The van der Waals surface area contributed by atoms with Gasteiger partial charge in [-0.05, 0) is 45.7 Å². The number of aromatic hydroxyl groups is 1. The minimum Gasteiger partial charge on any atom is -0.506 e. The van der Waals surface area contributed by atoms with E-state index in [1.807, 2.05) is 6.07 Å². The number of phenols is 1. The van der Waals surface area contributed by atoms with Crippen molar-refractivity contribution in [2.24, 2.45) is 0 Å². The minimum atomic E-state index is 0.382. The van der Waals surface area contributed by atoms with Crippen molar-refractivity contribution in [1.82, 2.24) is 0 Å². The fourth-order valence-corrected chi connectivity index (χ4v) is 3.90. The van der Waals surface area contributed by atoms with E-state index in [-0.39, 0.29) is 0 Å². The molecule has 0 saturated carbocycles. The predicted octanol–water partition coefficient (Wildman–Crippen LogP) is 4.11. The highest BCUT2D eigenvalue weighted by Gasteiger charge is 2.09. The SMILES string of the molecule is Oc1ccc(I)c2c(CBr)csc12. The molecule has 0 aliphatic rings. The second kappa shape index (κ2) is 3.74. The first-order valence-electron chi connectivity index (χ1n) is 3.67. The molecule has 0 spiro atoms. The number of phenolic OH excluding ortho intramolecular Hbond substituents is 1. The molecule has 0 unspecified atom stereocenters. The van der Waals surface area contributed by atoms with E-state index in [0.29, 0.717) is 5.75 Å². The van der Waals surface area contributed by atoms with Crippen LogP contribution < -0.4 is 0 Å². The molecule has 0 radical (unpaired) electrons. The van der Waals surface area contributed by atoms with Gasteiger partial charge in [-0.25, -0.2) is 0 Å². The van der Waals surface area contributed by atoms with Gasteiger partial charge in [0.25, 0.3) is 0 Å². The van der Waals surface area contributed by atoms with Crippen LogP contribution in [-0.4, -0.2) is 5.11 Å². The first-order chi connectivity index (χ1) is 6.24. The summed E-state index contributed by atoms with van der Waals surface area (Å²) in [7, 11) is 0. The van der Waals surface area contributed by atoms with Gasteiger partial charge in [0.05, 0.1) is 4.70 Å². The molecule has 0 fully saturated rings. The van der Waals surface area contributed by atoms with Gasteiger partial charge in [-0.3, -0.25) is 0 Å². The molecule has 0 aliphatic carbocycles. The Morgan fingerprint density at radius 3 is 2.92 bits per heavy atom. The molecular weight excluding hydrogens is 363 g/mol. The molecule has 0 saturated heterocycles. The molecule has 1 heterocycles. The van der Waals surface area contributed by atoms with Gasteiger partial charge < -0.3 is 5.11 Å². The van der Waals surface area contributed by atoms with Crippen LogP contribution in [0.1, 0.15) is 5.56 Å². The molecule has 2 aromatic rings. The third-order valence-electron chi connectivity index (χ3n) is 1.87. The summed E-state index contributed by atoms with van der Waals surface area (Å²) in [6, 6.07) is 3.69. The summed E-state index contributed by atoms with van der Waals surface area (Å²) in [5.41, 5.74) is 1.25. The van der Waals surface area contributed by atoms with Gasteiger partial charge in [0.15, 0.2) is 0 Å². The number of hydrogen-bond donors (Lipinski definition) is 1. The smallest absolute Gasteiger partial charge is 0.133 e. The Hall–Kier alpha value is 0.190. The second-order valence-corrected chi connectivity index (χ2v) is 5.27. The van der Waals surface area contributed by atoms with Gasteiger partial charge in [0.2, 0.25) is 0 Å². The predicted molar refractivity (Wildman–Crippen MR) is 68.8 cm³/mol. The molecule has 0 bridgehead atoms. The number of benzene rings is 1. The lowest BCUT2D eigenvalue weighted by molar-refractivity contribution is 0.482. The normalized spacial score (nSPS) is 10.9. The summed E-state index contributed by atoms with van der Waals surface area (Å²) < 4.78 is 2.18. The molecule has 0 atom stereocenters. The van der Waals surface area contributed by atoms with Crippen LogP contribution in [0.25, 0.3) is 10.1 Å². The van der Waals surface area contributed by atoms with E-state index in [1.54, 1.807) is 17.4 Å². The standard InChI is InChI=1S/C9H6BrIOS/c10-3-5-4-13-9-7(12)2-1-6(11)8(5)9/h1-2,4,12H,3H2. The third-order valence-corrected chi connectivity index (χ3v) is 4.42. The van der Waals surface area contributed by atoms with Gasteiger partial charge in [-0.2, -0.15) is 0 Å². The summed E-state index contributed by atoms with van der Waals surface area (Å²) in [5, 5.41) is 13.7. The zero-order valence-electron chi connectivity index (χ0n) is 6.55. The van der Waals surface area contributed by atoms with Crippen molar-refractivity contribution >= 4 is 59.9 Å². The highest BCUT2D eigenvalue weighted by Crippen LogP contribution is 2.36. The van der Waals surface area contributed by atoms with Gasteiger partial charge >= 0.3 is 0 Å². The highest BCUT2D eigenvalue weighted by molar-refractivity contribution is 14.1.